The van der Waals surface area contributed by atoms with Gasteiger partial charge in [0.2, 0.25) is 0 Å². The molecule has 0 bridgehead atoms. The molecule has 3 aromatic rings. The molecule has 102 valence electrons. The van der Waals surface area contributed by atoms with Gasteiger partial charge in [-0.05, 0) is 29.8 Å². The van der Waals surface area contributed by atoms with Crippen LogP contribution in [0.1, 0.15) is 11.1 Å². The molecule has 0 unspecified atom stereocenters. The molecule has 5 heteroatoms. The van der Waals surface area contributed by atoms with Gasteiger partial charge >= 0.3 is 0 Å². The van der Waals surface area contributed by atoms with Gasteiger partial charge in [0.25, 0.3) is 0 Å². The highest BCUT2D eigenvalue weighted by atomic mass is 16.5. The largest absolute Gasteiger partial charge is 0.489 e. The van der Waals surface area contributed by atoms with Gasteiger partial charge in [-0.15, -0.1) is 0 Å². The van der Waals surface area contributed by atoms with Crippen molar-refractivity contribution in [2.75, 3.05) is 0 Å². The van der Waals surface area contributed by atoms with E-state index in [1.807, 2.05) is 36.4 Å². The van der Waals surface area contributed by atoms with Crippen LogP contribution in [0.25, 0.3) is 5.69 Å². The summed E-state index contributed by atoms with van der Waals surface area (Å²) in [6.45, 7) is 0.451. The van der Waals surface area contributed by atoms with Crippen molar-refractivity contribution in [3.8, 4) is 17.5 Å². The van der Waals surface area contributed by atoms with Crippen LogP contribution in [0, 0.1) is 11.3 Å². The van der Waals surface area contributed by atoms with Crippen LogP contribution in [0.4, 0.5) is 0 Å². The first-order chi connectivity index (χ1) is 10.3. The first-order valence-electron chi connectivity index (χ1n) is 6.42. The van der Waals surface area contributed by atoms with E-state index in [4.69, 9.17) is 10.00 Å². The number of benzene rings is 2. The molecule has 3 rings (SSSR count). The van der Waals surface area contributed by atoms with E-state index >= 15 is 0 Å². The lowest BCUT2D eigenvalue weighted by Crippen LogP contribution is -1.98. The molecule has 0 N–H and O–H groups in total. The van der Waals surface area contributed by atoms with Gasteiger partial charge in [0, 0.05) is 6.07 Å². The van der Waals surface area contributed by atoms with Crippen LogP contribution in [0.2, 0.25) is 0 Å². The minimum absolute atomic E-state index is 0.451. The van der Waals surface area contributed by atoms with Crippen molar-refractivity contribution in [3.63, 3.8) is 0 Å². The minimum atomic E-state index is 0.451. The Bertz CT molecular complexity index is 758. The van der Waals surface area contributed by atoms with Crippen LogP contribution in [-0.2, 0) is 6.61 Å². The van der Waals surface area contributed by atoms with Crippen molar-refractivity contribution >= 4 is 0 Å². The number of ether oxygens (including phenoxy) is 1. The Hall–Kier alpha value is -3.13. The lowest BCUT2D eigenvalue weighted by molar-refractivity contribution is 0.306. The van der Waals surface area contributed by atoms with E-state index in [2.05, 4.69) is 16.2 Å². The van der Waals surface area contributed by atoms with E-state index in [9.17, 15) is 0 Å². The van der Waals surface area contributed by atoms with Crippen molar-refractivity contribution < 1.29 is 4.74 Å². The fourth-order valence-corrected chi connectivity index (χ4v) is 1.90. The quantitative estimate of drug-likeness (QED) is 0.735. The molecule has 0 amide bonds. The molecule has 1 aromatic heterocycles. The van der Waals surface area contributed by atoms with Gasteiger partial charge in [-0.3, -0.25) is 0 Å². The van der Waals surface area contributed by atoms with Crippen LogP contribution in [-0.4, -0.2) is 14.8 Å². The highest BCUT2D eigenvalue weighted by Gasteiger charge is 2.01. The molecule has 1 heterocycles. The van der Waals surface area contributed by atoms with Crippen LogP contribution >= 0.6 is 0 Å². The summed E-state index contributed by atoms with van der Waals surface area (Å²) in [5.41, 5.74) is 2.55. The predicted molar refractivity (Wildman–Crippen MR) is 76.8 cm³/mol. The van der Waals surface area contributed by atoms with E-state index in [0.717, 1.165) is 17.0 Å². The molecule has 0 aliphatic rings. The zero-order valence-electron chi connectivity index (χ0n) is 11.2. The Morgan fingerprint density at radius 2 is 2.00 bits per heavy atom. The van der Waals surface area contributed by atoms with Gasteiger partial charge in [-0.1, -0.05) is 18.2 Å². The molecule has 0 radical (unpaired) electrons. The Morgan fingerprint density at radius 3 is 2.71 bits per heavy atom. The second-order valence-electron chi connectivity index (χ2n) is 4.43. The molecule has 0 fully saturated rings. The minimum Gasteiger partial charge on any atom is -0.489 e. The number of hydrogen-bond acceptors (Lipinski definition) is 4. The third kappa shape index (κ3) is 3.07. The molecule has 0 aliphatic carbocycles. The number of nitriles is 1. The lowest BCUT2D eigenvalue weighted by atomic mass is 10.1. The number of rotatable bonds is 4. The van der Waals surface area contributed by atoms with E-state index in [1.54, 1.807) is 23.1 Å². The van der Waals surface area contributed by atoms with Crippen LogP contribution in [0.15, 0.2) is 61.2 Å². The van der Waals surface area contributed by atoms with Crippen molar-refractivity contribution in [2.24, 2.45) is 0 Å². The Morgan fingerprint density at radius 1 is 1.14 bits per heavy atom. The summed E-state index contributed by atoms with van der Waals surface area (Å²) in [6, 6.07) is 17.1. The summed E-state index contributed by atoms with van der Waals surface area (Å²) in [6.07, 6.45) is 3.13. The molecule has 0 atom stereocenters. The highest BCUT2D eigenvalue weighted by Crippen LogP contribution is 2.17. The zero-order valence-corrected chi connectivity index (χ0v) is 11.2. The summed E-state index contributed by atoms with van der Waals surface area (Å²) >= 11 is 0. The maximum atomic E-state index is 8.76. The molecule has 0 saturated carbocycles. The Kier molecular flexibility index (Phi) is 3.61. The molecule has 5 nitrogen and oxygen atoms in total. The van der Waals surface area contributed by atoms with Gasteiger partial charge in [0.1, 0.15) is 25.0 Å². The first-order valence-corrected chi connectivity index (χ1v) is 6.42. The standard InChI is InChI=1S/C16H12N4O/c17-9-13-4-6-14(7-5-13)10-21-16-3-1-2-15(8-16)20-12-18-11-19-20/h1-8,11-12H,10H2. The highest BCUT2D eigenvalue weighted by molar-refractivity contribution is 5.38. The summed E-state index contributed by atoms with van der Waals surface area (Å²) in [5.74, 6) is 0.757. The lowest BCUT2D eigenvalue weighted by Gasteiger charge is -2.08. The van der Waals surface area contributed by atoms with Gasteiger partial charge < -0.3 is 4.74 Å². The third-order valence-corrected chi connectivity index (χ3v) is 2.99. The smallest absolute Gasteiger partial charge is 0.138 e. The summed E-state index contributed by atoms with van der Waals surface area (Å²) < 4.78 is 7.44. The third-order valence-electron chi connectivity index (χ3n) is 2.99. The van der Waals surface area contributed by atoms with Crippen LogP contribution in [0.5, 0.6) is 5.75 Å². The SMILES string of the molecule is N#Cc1ccc(COc2cccc(-n3cncn3)c2)cc1. The fourth-order valence-electron chi connectivity index (χ4n) is 1.90. The van der Waals surface area contributed by atoms with Gasteiger partial charge in [0.15, 0.2) is 0 Å². The summed E-state index contributed by atoms with van der Waals surface area (Å²) in [7, 11) is 0. The molecular formula is C16H12N4O. The van der Waals surface area contributed by atoms with E-state index < -0.39 is 0 Å². The molecule has 0 spiro atoms. The normalized spacial score (nSPS) is 10.0. The average Bonchev–Trinajstić information content (AvgIpc) is 3.08. The number of nitrogens with zero attached hydrogens (tertiary/aromatic N) is 4. The molecular weight excluding hydrogens is 264 g/mol. The number of hydrogen-bond donors (Lipinski definition) is 0. The van der Waals surface area contributed by atoms with E-state index in [1.165, 1.54) is 6.33 Å². The van der Waals surface area contributed by atoms with Gasteiger partial charge in [-0.2, -0.15) is 10.4 Å². The number of aromatic nitrogens is 3. The fraction of sp³-hybridized carbons (Fsp3) is 0.0625. The van der Waals surface area contributed by atoms with Gasteiger partial charge in [-0.25, -0.2) is 9.67 Å². The van der Waals surface area contributed by atoms with E-state index in [-0.39, 0.29) is 0 Å². The van der Waals surface area contributed by atoms with Crippen LogP contribution in [0.3, 0.4) is 0 Å². The Balaban J connectivity index is 1.70. The second kappa shape index (κ2) is 5.88. The van der Waals surface area contributed by atoms with Crippen molar-refractivity contribution in [2.45, 2.75) is 6.61 Å². The first kappa shape index (κ1) is 12.9. The van der Waals surface area contributed by atoms with Crippen LogP contribution < -0.4 is 4.74 Å². The monoisotopic (exact) mass is 276 g/mol. The molecule has 0 aliphatic heterocycles. The molecule has 21 heavy (non-hydrogen) atoms. The second-order valence-corrected chi connectivity index (χ2v) is 4.43. The average molecular weight is 276 g/mol. The van der Waals surface area contributed by atoms with Crippen molar-refractivity contribution in [1.82, 2.24) is 14.8 Å². The van der Waals surface area contributed by atoms with E-state index in [0.29, 0.717) is 12.2 Å². The van der Waals surface area contributed by atoms with Crippen molar-refractivity contribution in [1.29, 1.82) is 5.26 Å². The maximum Gasteiger partial charge on any atom is 0.138 e. The zero-order chi connectivity index (χ0) is 14.5. The van der Waals surface area contributed by atoms with Gasteiger partial charge in [0.05, 0.1) is 17.3 Å². The topological polar surface area (TPSA) is 63.7 Å². The molecule has 2 aromatic carbocycles. The predicted octanol–water partition coefficient (Wildman–Crippen LogP) is 2.72. The molecule has 0 saturated heterocycles. The maximum absolute atomic E-state index is 8.76. The summed E-state index contributed by atoms with van der Waals surface area (Å²) in [5, 5.41) is 12.8. The van der Waals surface area contributed by atoms with Crippen molar-refractivity contribution in [3.05, 3.63) is 72.3 Å². The summed E-state index contributed by atoms with van der Waals surface area (Å²) in [4.78, 5) is 3.92. The Labute approximate surface area is 122 Å².